The molecule has 22 nitrogen and oxygen atoms in total. The van der Waals surface area contributed by atoms with Gasteiger partial charge in [0.25, 0.3) is 0 Å². The number of aliphatic hydroxyl groups excluding tert-OH is 2. The van der Waals surface area contributed by atoms with Crippen LogP contribution in [0.15, 0.2) is 25.3 Å². The molecule has 4 unspecified atom stereocenters. The summed E-state index contributed by atoms with van der Waals surface area (Å²) < 4.78 is 62.7. The Morgan fingerprint density at radius 3 is 1.52 bits per heavy atom. The number of nitrogens with zero attached hydrogens (tertiary/aromatic N) is 8. The van der Waals surface area contributed by atoms with Crippen molar-refractivity contribution in [1.82, 2.24) is 39.0 Å². The van der Waals surface area contributed by atoms with Gasteiger partial charge in [-0.1, -0.05) is 0 Å². The third-order valence-electron chi connectivity index (χ3n) is 7.69. The molecule has 0 amide bonds. The van der Waals surface area contributed by atoms with Crippen LogP contribution in [0.2, 0.25) is 0 Å². The van der Waals surface area contributed by atoms with E-state index in [-0.39, 0.29) is 34.0 Å². The summed E-state index contributed by atoms with van der Waals surface area (Å²) in [5.74, 6) is 0.137. The monoisotopic (exact) mass is 686 g/mol. The Labute approximate surface area is 257 Å². The van der Waals surface area contributed by atoms with Crippen LogP contribution >= 0.6 is 15.2 Å². The molecule has 8 N–H and O–H groups in total. The van der Waals surface area contributed by atoms with E-state index in [4.69, 9.17) is 39.5 Å². The minimum absolute atomic E-state index is 0.0687. The highest BCUT2D eigenvalue weighted by molar-refractivity contribution is 7.52. The Hall–Kier alpha value is -3.24. The van der Waals surface area contributed by atoms with E-state index >= 15 is 0 Å². The molecular weight excluding hydrogens is 658 g/mol. The zero-order valence-corrected chi connectivity index (χ0v) is 25.2. The maximum absolute atomic E-state index is 13.1. The van der Waals surface area contributed by atoms with Crippen LogP contribution in [0, 0.1) is 0 Å². The van der Waals surface area contributed by atoms with E-state index in [1.165, 1.54) is 34.4 Å². The minimum atomic E-state index is -4.57. The average molecular weight is 686 g/mol. The predicted molar refractivity (Wildman–Crippen MR) is 150 cm³/mol. The van der Waals surface area contributed by atoms with Gasteiger partial charge in [-0.3, -0.25) is 18.3 Å². The van der Waals surface area contributed by atoms with Crippen LogP contribution in [0.5, 0.6) is 0 Å². The van der Waals surface area contributed by atoms with Crippen molar-refractivity contribution in [3.8, 4) is 0 Å². The lowest BCUT2D eigenvalue weighted by Crippen LogP contribution is -2.37. The van der Waals surface area contributed by atoms with Gasteiger partial charge in [0.2, 0.25) is 0 Å². The van der Waals surface area contributed by atoms with Crippen molar-refractivity contribution in [3.63, 3.8) is 0 Å². The molecule has 248 valence electrons. The fourth-order valence-electron chi connectivity index (χ4n) is 5.45. The number of hydrogen-bond acceptors (Lipinski definition) is 18. The van der Waals surface area contributed by atoms with Gasteiger partial charge in [-0.15, -0.1) is 0 Å². The van der Waals surface area contributed by atoms with E-state index in [1.807, 2.05) is 0 Å². The molecule has 3 aliphatic heterocycles. The molecular formula is C22H28N10O12P2. The molecule has 7 rings (SSSR count). The molecule has 3 saturated heterocycles. The van der Waals surface area contributed by atoms with Gasteiger partial charge in [0.05, 0.1) is 25.9 Å². The summed E-state index contributed by atoms with van der Waals surface area (Å²) in [6.45, 7) is -1.27. The quantitative estimate of drug-likeness (QED) is 0.130. The first-order chi connectivity index (χ1) is 21.9. The SMILES string of the molecule is Nc1ncnc2c1ncn2[C@@H]1O[C@@H]2COP(=O)(O)COC3[C@H](n4cnc5c(N)ncnc54)O[C@H](COP(=O)(O)COC1[C@@H]2O)[C@H]3O. The van der Waals surface area contributed by atoms with Crippen molar-refractivity contribution < 1.29 is 57.1 Å². The zero-order valence-electron chi connectivity index (χ0n) is 23.4. The summed E-state index contributed by atoms with van der Waals surface area (Å²) in [7, 11) is -9.14. The van der Waals surface area contributed by atoms with Crippen molar-refractivity contribution in [2.45, 2.75) is 49.1 Å². The maximum Gasteiger partial charge on any atom is 0.353 e. The molecule has 4 aromatic rings. The first-order valence-corrected chi connectivity index (χ1v) is 17.1. The molecule has 0 radical (unpaired) electrons. The van der Waals surface area contributed by atoms with E-state index in [9.17, 15) is 29.1 Å². The van der Waals surface area contributed by atoms with Crippen LogP contribution < -0.4 is 11.5 Å². The summed E-state index contributed by atoms with van der Waals surface area (Å²) in [5, 5.41) is 22.2. The number of nitrogen functional groups attached to an aromatic ring is 2. The van der Waals surface area contributed by atoms with E-state index < -0.39 is 90.2 Å². The Balaban J connectivity index is 1.18. The van der Waals surface area contributed by atoms with Gasteiger partial charge in [-0.2, -0.15) is 0 Å². The second-order valence-corrected chi connectivity index (χ2v) is 14.2. The smallest absolute Gasteiger partial charge is 0.353 e. The Morgan fingerprint density at radius 1 is 0.696 bits per heavy atom. The van der Waals surface area contributed by atoms with Crippen LogP contribution in [0.4, 0.5) is 11.6 Å². The second kappa shape index (κ2) is 11.8. The van der Waals surface area contributed by atoms with Gasteiger partial charge in [0, 0.05) is 0 Å². The molecule has 24 heteroatoms. The Kier molecular flexibility index (Phi) is 8.03. The summed E-state index contributed by atoms with van der Waals surface area (Å²) in [6.07, 6.45) is -7.65. The Morgan fingerprint density at radius 2 is 1.11 bits per heavy atom. The fourth-order valence-corrected chi connectivity index (χ4v) is 7.08. The van der Waals surface area contributed by atoms with Crippen molar-refractivity contribution >= 4 is 49.2 Å². The van der Waals surface area contributed by atoms with Crippen LogP contribution in [-0.4, -0.2) is 122 Å². The van der Waals surface area contributed by atoms with Crippen molar-refractivity contribution in [2.24, 2.45) is 0 Å². The molecule has 0 saturated carbocycles. The number of fused-ring (bicyclic) bond motifs is 6. The summed E-state index contributed by atoms with van der Waals surface area (Å²) in [5.41, 5.74) is 12.6. The van der Waals surface area contributed by atoms with E-state index in [0.717, 1.165) is 0 Å². The first kappa shape index (κ1) is 31.4. The number of anilines is 2. The maximum atomic E-state index is 13.1. The standard InChI is InChI=1S/C22H28N10O12P2/c23-17-11-19(27-3-25-17)31(5-29-11)21-15-13(33)9(43-21)1-41-45(35,36)7-39-16-14(34)10(2-42-46(37,38)8-40-15)44-22(16)32-6-30-12-18(24)26-4-28-20(12)32/h3-6,9-10,13-16,21-22,33-34H,1-2,7-8H2,(H,35,36)(H,37,38)(H2,23,25,27)(H2,24,26,28)/t9-,10-,13-,14-,15?,16?,21-,22-/m1/s1. The summed E-state index contributed by atoms with van der Waals surface area (Å²) >= 11 is 0. The molecule has 4 bridgehead atoms. The topological polar surface area (TPSA) is 310 Å². The van der Waals surface area contributed by atoms with E-state index in [2.05, 4.69) is 29.9 Å². The van der Waals surface area contributed by atoms with Gasteiger partial charge in [-0.25, -0.2) is 29.9 Å². The van der Waals surface area contributed by atoms with Crippen LogP contribution in [0.1, 0.15) is 12.5 Å². The molecule has 7 heterocycles. The number of aromatic nitrogens is 8. The molecule has 10 atom stereocenters. The number of aliphatic hydroxyl groups is 2. The van der Waals surface area contributed by atoms with Crippen LogP contribution in [0.3, 0.4) is 0 Å². The van der Waals surface area contributed by atoms with Crippen LogP contribution in [-0.2, 0) is 37.1 Å². The molecule has 0 spiro atoms. The molecule has 4 aromatic heterocycles. The number of hydrogen-bond donors (Lipinski definition) is 6. The lowest BCUT2D eigenvalue weighted by molar-refractivity contribution is -0.0711. The molecule has 0 aliphatic carbocycles. The van der Waals surface area contributed by atoms with Gasteiger partial charge >= 0.3 is 15.2 Å². The van der Waals surface area contributed by atoms with E-state index in [1.54, 1.807) is 0 Å². The fraction of sp³-hybridized carbons (Fsp3) is 0.545. The number of rotatable bonds is 2. The highest BCUT2D eigenvalue weighted by Gasteiger charge is 2.50. The van der Waals surface area contributed by atoms with Gasteiger partial charge in [0.1, 0.15) is 73.0 Å². The summed E-state index contributed by atoms with van der Waals surface area (Å²) in [6, 6.07) is 0. The van der Waals surface area contributed by atoms with Gasteiger partial charge in [-0.05, 0) is 0 Å². The normalized spacial score (nSPS) is 37.7. The molecule has 3 aliphatic rings. The predicted octanol–water partition coefficient (Wildman–Crippen LogP) is -1.55. The third-order valence-corrected chi connectivity index (χ3v) is 9.75. The van der Waals surface area contributed by atoms with E-state index in [0.29, 0.717) is 0 Å². The first-order valence-electron chi connectivity index (χ1n) is 13.6. The van der Waals surface area contributed by atoms with Crippen LogP contribution in [0.25, 0.3) is 22.3 Å². The van der Waals surface area contributed by atoms with Crippen molar-refractivity contribution in [3.05, 3.63) is 25.3 Å². The lowest BCUT2D eigenvalue weighted by atomic mass is 10.1. The highest BCUT2D eigenvalue weighted by atomic mass is 31.2. The zero-order chi connectivity index (χ0) is 32.4. The van der Waals surface area contributed by atoms with Gasteiger partial charge in [0.15, 0.2) is 35.4 Å². The third kappa shape index (κ3) is 5.65. The number of nitrogens with two attached hydrogens (primary N) is 2. The molecule has 46 heavy (non-hydrogen) atoms. The number of imidazole rings is 2. The summed E-state index contributed by atoms with van der Waals surface area (Å²) in [4.78, 5) is 45.7. The highest BCUT2D eigenvalue weighted by Crippen LogP contribution is 2.48. The number of ether oxygens (including phenoxy) is 4. The minimum Gasteiger partial charge on any atom is -0.387 e. The molecule has 0 aromatic carbocycles. The largest absolute Gasteiger partial charge is 0.387 e. The Bertz CT molecular complexity index is 1730. The van der Waals surface area contributed by atoms with Crippen molar-refractivity contribution in [2.75, 3.05) is 37.4 Å². The lowest BCUT2D eigenvalue weighted by Gasteiger charge is -2.24. The second-order valence-electron chi connectivity index (χ2n) is 10.7. The molecule has 3 fully saturated rings. The average Bonchev–Trinajstić information content (AvgIpc) is 3.77. The van der Waals surface area contributed by atoms with Gasteiger partial charge < -0.3 is 59.5 Å². The van der Waals surface area contributed by atoms with Crippen molar-refractivity contribution in [1.29, 1.82) is 0 Å².